The first kappa shape index (κ1) is 12.1. The Bertz CT molecular complexity index is 496. The first-order valence-corrected chi connectivity index (χ1v) is 6.61. The van der Waals surface area contributed by atoms with Crippen molar-refractivity contribution < 1.29 is 17.3 Å². The summed E-state index contributed by atoms with van der Waals surface area (Å²) in [5, 5.41) is 0.371. The van der Waals surface area contributed by atoms with Crippen molar-refractivity contribution in [3.63, 3.8) is 0 Å². The molecule has 0 aliphatic carbocycles. The van der Waals surface area contributed by atoms with E-state index in [1.165, 1.54) is 18.2 Å². The highest BCUT2D eigenvalue weighted by Crippen LogP contribution is 2.27. The third kappa shape index (κ3) is 2.87. The minimum absolute atomic E-state index is 0.00513. The lowest BCUT2D eigenvalue weighted by Gasteiger charge is -2.06. The Morgan fingerprint density at radius 2 is 2.12 bits per heavy atom. The zero-order valence-electron chi connectivity index (χ0n) is 8.02. The minimum Gasteiger partial charge on any atom is -0.371 e. The molecule has 1 aliphatic rings. The van der Waals surface area contributed by atoms with Crippen LogP contribution in [0, 0.1) is 0 Å². The van der Waals surface area contributed by atoms with E-state index in [1.807, 2.05) is 0 Å². The Balaban J connectivity index is 2.22. The number of hydrogen-bond donors (Lipinski definition) is 0. The summed E-state index contributed by atoms with van der Waals surface area (Å²) in [7, 11) is -3.86. The number of epoxide rings is 1. The Hall–Kier alpha value is -0.330. The van der Waals surface area contributed by atoms with Crippen molar-refractivity contribution in [2.75, 3.05) is 13.2 Å². The fourth-order valence-corrected chi connectivity index (χ4v) is 2.74. The van der Waals surface area contributed by atoms with Crippen molar-refractivity contribution in [3.8, 4) is 0 Å². The number of hydrogen-bond acceptors (Lipinski definition) is 4. The normalized spacial score (nSPS) is 19.8. The summed E-state index contributed by atoms with van der Waals surface area (Å²) in [6.07, 6.45) is -0.132. The summed E-state index contributed by atoms with van der Waals surface area (Å²) in [5.74, 6) is 0. The van der Waals surface area contributed by atoms with Gasteiger partial charge in [0, 0.05) is 5.02 Å². The molecule has 0 amide bonds. The number of ether oxygens (including phenoxy) is 1. The zero-order chi connectivity index (χ0) is 11.8. The van der Waals surface area contributed by atoms with E-state index in [4.69, 9.17) is 32.1 Å². The molecule has 0 spiro atoms. The van der Waals surface area contributed by atoms with Crippen LogP contribution in [-0.2, 0) is 19.0 Å². The predicted molar refractivity (Wildman–Crippen MR) is 59.3 cm³/mol. The molecule has 16 heavy (non-hydrogen) atoms. The lowest BCUT2D eigenvalue weighted by molar-refractivity contribution is 0.266. The van der Waals surface area contributed by atoms with Crippen LogP contribution in [0.15, 0.2) is 23.1 Å². The van der Waals surface area contributed by atoms with E-state index in [-0.39, 0.29) is 27.7 Å². The molecule has 0 aromatic heterocycles. The van der Waals surface area contributed by atoms with Crippen LogP contribution in [0.3, 0.4) is 0 Å². The van der Waals surface area contributed by atoms with Gasteiger partial charge in [0.2, 0.25) is 0 Å². The fraction of sp³-hybridized carbons (Fsp3) is 0.333. The molecule has 1 aromatic rings. The number of benzene rings is 1. The van der Waals surface area contributed by atoms with E-state index in [9.17, 15) is 8.42 Å². The van der Waals surface area contributed by atoms with E-state index >= 15 is 0 Å². The molecule has 2 rings (SSSR count). The van der Waals surface area contributed by atoms with Crippen molar-refractivity contribution in [1.82, 2.24) is 0 Å². The monoisotopic (exact) mass is 282 g/mol. The Labute approximate surface area is 103 Å². The van der Waals surface area contributed by atoms with Gasteiger partial charge in [0.1, 0.15) is 11.0 Å². The first-order valence-electron chi connectivity index (χ1n) is 4.45. The molecule has 1 aliphatic heterocycles. The van der Waals surface area contributed by atoms with Gasteiger partial charge in [0.05, 0.1) is 18.2 Å². The molecular formula is C9H8Cl2O4S. The second-order valence-corrected chi connectivity index (χ2v) is 5.70. The third-order valence-electron chi connectivity index (χ3n) is 1.97. The summed E-state index contributed by atoms with van der Waals surface area (Å²) >= 11 is 11.5. The van der Waals surface area contributed by atoms with E-state index in [1.54, 1.807) is 0 Å². The molecule has 1 fully saturated rings. The van der Waals surface area contributed by atoms with Gasteiger partial charge in [0.15, 0.2) is 0 Å². The van der Waals surface area contributed by atoms with Crippen LogP contribution in [0.4, 0.5) is 0 Å². The van der Waals surface area contributed by atoms with Gasteiger partial charge < -0.3 is 4.74 Å². The lowest BCUT2D eigenvalue weighted by Crippen LogP contribution is -2.11. The van der Waals surface area contributed by atoms with E-state index in [0.717, 1.165) is 0 Å². The quantitative estimate of drug-likeness (QED) is 0.627. The van der Waals surface area contributed by atoms with Crippen LogP contribution in [0.25, 0.3) is 0 Å². The summed E-state index contributed by atoms with van der Waals surface area (Å²) in [5.41, 5.74) is 0. The standard InChI is InChI=1S/C9H8Cl2O4S/c10-6-1-2-8(11)9(3-6)16(12,13)15-5-7-4-14-7/h1-3,7H,4-5H2/t7-/m1/s1. The molecule has 1 atom stereocenters. The number of halogens is 2. The Morgan fingerprint density at radius 1 is 1.44 bits per heavy atom. The van der Waals surface area contributed by atoms with E-state index in [0.29, 0.717) is 6.61 Å². The largest absolute Gasteiger partial charge is 0.371 e. The predicted octanol–water partition coefficient (Wildman–Crippen LogP) is 2.10. The molecule has 1 aromatic carbocycles. The molecule has 1 saturated heterocycles. The average Bonchev–Trinajstić information content (AvgIpc) is 3.02. The number of rotatable bonds is 4. The summed E-state index contributed by atoms with van der Waals surface area (Å²) in [4.78, 5) is -0.123. The van der Waals surface area contributed by atoms with E-state index < -0.39 is 10.1 Å². The van der Waals surface area contributed by atoms with Gasteiger partial charge in [-0.2, -0.15) is 8.42 Å². The van der Waals surface area contributed by atoms with Crippen molar-refractivity contribution in [2.45, 2.75) is 11.0 Å². The van der Waals surface area contributed by atoms with E-state index in [2.05, 4.69) is 0 Å². The van der Waals surface area contributed by atoms with Gasteiger partial charge in [-0.25, -0.2) is 0 Å². The summed E-state index contributed by atoms with van der Waals surface area (Å²) in [6.45, 7) is 0.532. The molecule has 4 nitrogen and oxygen atoms in total. The highest BCUT2D eigenvalue weighted by molar-refractivity contribution is 7.86. The minimum atomic E-state index is -3.86. The topological polar surface area (TPSA) is 55.9 Å². The molecule has 1 heterocycles. The molecule has 0 radical (unpaired) electrons. The van der Waals surface area contributed by atoms with Gasteiger partial charge in [-0.1, -0.05) is 23.2 Å². The van der Waals surface area contributed by atoms with Gasteiger partial charge in [-0.15, -0.1) is 0 Å². The molecular weight excluding hydrogens is 275 g/mol. The SMILES string of the molecule is O=S(=O)(OC[C@H]1CO1)c1cc(Cl)ccc1Cl. The maximum absolute atomic E-state index is 11.7. The van der Waals surface area contributed by atoms with Gasteiger partial charge >= 0.3 is 0 Å². The van der Waals surface area contributed by atoms with Crippen LogP contribution in [-0.4, -0.2) is 27.7 Å². The fourth-order valence-electron chi connectivity index (χ4n) is 1.06. The second kappa shape index (κ2) is 4.50. The smallest absolute Gasteiger partial charge is 0.298 e. The van der Waals surface area contributed by atoms with Crippen LogP contribution >= 0.6 is 23.2 Å². The lowest BCUT2D eigenvalue weighted by atomic mass is 10.4. The van der Waals surface area contributed by atoms with Crippen molar-refractivity contribution in [1.29, 1.82) is 0 Å². The molecule has 7 heteroatoms. The van der Waals surface area contributed by atoms with Crippen molar-refractivity contribution in [3.05, 3.63) is 28.2 Å². The first-order chi connectivity index (χ1) is 7.49. The maximum atomic E-state index is 11.7. The molecule has 0 bridgehead atoms. The zero-order valence-corrected chi connectivity index (χ0v) is 10.3. The van der Waals surface area contributed by atoms with Gasteiger partial charge in [-0.05, 0) is 18.2 Å². The Kier molecular flexibility index (Phi) is 3.42. The average molecular weight is 283 g/mol. The van der Waals surface area contributed by atoms with Crippen molar-refractivity contribution in [2.24, 2.45) is 0 Å². The summed E-state index contributed by atoms with van der Waals surface area (Å²) in [6, 6.07) is 4.17. The molecule has 0 saturated carbocycles. The Morgan fingerprint density at radius 3 is 2.75 bits per heavy atom. The van der Waals surface area contributed by atoms with Crippen molar-refractivity contribution >= 4 is 33.3 Å². The van der Waals surface area contributed by atoms with Gasteiger partial charge in [-0.3, -0.25) is 4.18 Å². The highest BCUT2D eigenvalue weighted by atomic mass is 35.5. The maximum Gasteiger partial charge on any atom is 0.298 e. The second-order valence-electron chi connectivity index (χ2n) is 3.27. The van der Waals surface area contributed by atoms with Gasteiger partial charge in [0.25, 0.3) is 10.1 Å². The van der Waals surface area contributed by atoms with Crippen LogP contribution < -0.4 is 0 Å². The molecule has 88 valence electrons. The molecule has 0 unspecified atom stereocenters. The van der Waals surface area contributed by atoms with Crippen LogP contribution in [0.1, 0.15) is 0 Å². The highest BCUT2D eigenvalue weighted by Gasteiger charge is 2.27. The summed E-state index contributed by atoms with van der Waals surface area (Å²) < 4.78 is 33.1. The van der Waals surface area contributed by atoms with Crippen LogP contribution in [0.5, 0.6) is 0 Å². The van der Waals surface area contributed by atoms with Crippen LogP contribution in [0.2, 0.25) is 10.0 Å². The molecule has 0 N–H and O–H groups in total. The third-order valence-corrected chi connectivity index (χ3v) is 3.97.